The van der Waals surface area contributed by atoms with Gasteiger partial charge in [0.2, 0.25) is 0 Å². The summed E-state index contributed by atoms with van der Waals surface area (Å²) in [6, 6.07) is 1.85. The van der Waals surface area contributed by atoms with Gasteiger partial charge in [-0.3, -0.25) is 4.79 Å². The fourth-order valence-corrected chi connectivity index (χ4v) is 2.19. The normalized spacial score (nSPS) is 14.0. The first-order chi connectivity index (χ1) is 10.4. The number of hydrogen-bond donors (Lipinski definition) is 0. The van der Waals surface area contributed by atoms with Gasteiger partial charge >= 0.3 is 5.97 Å². The Kier molecular flexibility index (Phi) is 6.54. The van der Waals surface area contributed by atoms with Crippen LogP contribution in [0.2, 0.25) is 0 Å². The Morgan fingerprint density at radius 2 is 2.14 bits per heavy atom. The summed E-state index contributed by atoms with van der Waals surface area (Å²) in [5.41, 5.74) is 1.57. The highest BCUT2D eigenvalue weighted by Crippen LogP contribution is 2.28. The number of terminal acetylenes is 2. The van der Waals surface area contributed by atoms with Crippen LogP contribution in [-0.4, -0.2) is 12.1 Å². The van der Waals surface area contributed by atoms with Crippen molar-refractivity contribution in [2.45, 2.75) is 46.1 Å². The van der Waals surface area contributed by atoms with Crippen molar-refractivity contribution in [1.29, 1.82) is 0 Å². The molecule has 0 aliphatic heterocycles. The van der Waals surface area contributed by atoms with Crippen molar-refractivity contribution in [3.63, 3.8) is 0 Å². The zero-order chi connectivity index (χ0) is 16.7. The number of furan rings is 1. The van der Waals surface area contributed by atoms with Crippen LogP contribution in [-0.2, 0) is 9.53 Å². The van der Waals surface area contributed by atoms with Crippen molar-refractivity contribution in [3.8, 4) is 24.7 Å². The van der Waals surface area contributed by atoms with Crippen molar-refractivity contribution in [1.82, 2.24) is 0 Å². The van der Waals surface area contributed by atoms with E-state index in [9.17, 15) is 4.79 Å². The molecule has 2 unspecified atom stereocenters. The van der Waals surface area contributed by atoms with Crippen LogP contribution in [0.15, 0.2) is 28.4 Å². The second-order valence-electron chi connectivity index (χ2n) is 5.55. The molecule has 0 aliphatic rings. The molecular weight excluding hydrogens is 276 g/mol. The smallest absolute Gasteiger partial charge is 0.315 e. The van der Waals surface area contributed by atoms with Gasteiger partial charge in [-0.15, -0.1) is 18.8 Å². The summed E-state index contributed by atoms with van der Waals surface area (Å²) in [7, 11) is 0. The summed E-state index contributed by atoms with van der Waals surface area (Å²) in [6.45, 7) is 7.56. The number of allylic oxidation sites excluding steroid dienone is 1. The summed E-state index contributed by atoms with van der Waals surface area (Å²) in [5.74, 6) is 5.05. The van der Waals surface area contributed by atoms with Crippen LogP contribution >= 0.6 is 0 Å². The van der Waals surface area contributed by atoms with Crippen molar-refractivity contribution in [3.05, 3.63) is 35.3 Å². The van der Waals surface area contributed by atoms with Gasteiger partial charge in [-0.05, 0) is 31.4 Å². The van der Waals surface area contributed by atoms with E-state index in [1.165, 1.54) is 0 Å². The SMILES string of the molecule is C#CC/C=C(\C)C(C#C)OC(=O)C(c1coc(C)c1)C(C)C. The molecule has 0 saturated heterocycles. The van der Waals surface area contributed by atoms with E-state index in [1.807, 2.05) is 33.8 Å². The number of ether oxygens (including phenoxy) is 1. The van der Waals surface area contributed by atoms with Gasteiger partial charge in [0.15, 0.2) is 6.10 Å². The molecule has 116 valence electrons. The van der Waals surface area contributed by atoms with E-state index in [4.69, 9.17) is 22.0 Å². The standard InChI is InChI=1S/C19H22O3/c1-7-9-10-14(5)17(8-2)22-19(20)18(13(3)4)16-11-15(6)21-12-16/h1-2,10-13,17-18H,9H2,3-6H3/b14-10+. The molecule has 0 aromatic carbocycles. The third-order valence-corrected chi connectivity index (χ3v) is 3.37. The third kappa shape index (κ3) is 4.57. The molecule has 2 atom stereocenters. The highest BCUT2D eigenvalue weighted by atomic mass is 16.5. The van der Waals surface area contributed by atoms with Crippen LogP contribution in [0.3, 0.4) is 0 Å². The third-order valence-electron chi connectivity index (χ3n) is 3.37. The minimum absolute atomic E-state index is 0.0675. The van der Waals surface area contributed by atoms with Crippen molar-refractivity contribution < 1.29 is 13.9 Å². The van der Waals surface area contributed by atoms with E-state index in [-0.39, 0.29) is 11.9 Å². The highest BCUT2D eigenvalue weighted by molar-refractivity contribution is 5.79. The predicted molar refractivity (Wildman–Crippen MR) is 86.9 cm³/mol. The number of rotatable bonds is 6. The molecule has 1 heterocycles. The zero-order valence-corrected chi connectivity index (χ0v) is 13.6. The summed E-state index contributed by atoms with van der Waals surface area (Å²) >= 11 is 0. The van der Waals surface area contributed by atoms with Crippen LogP contribution in [0.5, 0.6) is 0 Å². The van der Waals surface area contributed by atoms with Gasteiger partial charge in [0, 0.05) is 12.0 Å². The predicted octanol–water partition coefficient (Wildman–Crippen LogP) is 3.84. The lowest BCUT2D eigenvalue weighted by atomic mass is 9.90. The lowest BCUT2D eigenvalue weighted by Gasteiger charge is -2.21. The summed E-state index contributed by atoms with van der Waals surface area (Å²) in [5, 5.41) is 0. The maximum atomic E-state index is 12.5. The molecule has 0 amide bonds. The fraction of sp³-hybridized carbons (Fsp3) is 0.421. The first-order valence-electron chi connectivity index (χ1n) is 7.22. The number of aryl methyl sites for hydroxylation is 1. The quantitative estimate of drug-likeness (QED) is 0.455. The number of hydrogen-bond acceptors (Lipinski definition) is 3. The molecule has 1 aromatic heterocycles. The van der Waals surface area contributed by atoms with Gasteiger partial charge in [-0.25, -0.2) is 0 Å². The van der Waals surface area contributed by atoms with Gasteiger partial charge in [-0.1, -0.05) is 25.8 Å². The van der Waals surface area contributed by atoms with Crippen LogP contribution in [0.4, 0.5) is 0 Å². The monoisotopic (exact) mass is 298 g/mol. The van der Waals surface area contributed by atoms with E-state index >= 15 is 0 Å². The van der Waals surface area contributed by atoms with E-state index in [1.54, 1.807) is 12.3 Å². The molecule has 0 saturated carbocycles. The summed E-state index contributed by atoms with van der Waals surface area (Å²) in [6.07, 6.45) is 13.8. The second-order valence-corrected chi connectivity index (χ2v) is 5.55. The maximum Gasteiger partial charge on any atom is 0.315 e. The van der Waals surface area contributed by atoms with Crippen LogP contribution < -0.4 is 0 Å². The van der Waals surface area contributed by atoms with Crippen LogP contribution in [0, 0.1) is 37.5 Å². The molecular formula is C19H22O3. The van der Waals surface area contributed by atoms with Crippen molar-refractivity contribution >= 4 is 5.97 Å². The molecule has 0 bridgehead atoms. The van der Waals surface area contributed by atoms with Gasteiger partial charge in [0.05, 0.1) is 12.2 Å². The first kappa shape index (κ1) is 17.7. The molecule has 0 aliphatic carbocycles. The minimum atomic E-state index is -0.699. The minimum Gasteiger partial charge on any atom is -0.469 e. The Bertz CT molecular complexity index is 620. The van der Waals surface area contributed by atoms with Crippen LogP contribution in [0.25, 0.3) is 0 Å². The first-order valence-corrected chi connectivity index (χ1v) is 7.22. The van der Waals surface area contributed by atoms with Gasteiger partial charge in [-0.2, -0.15) is 0 Å². The topological polar surface area (TPSA) is 39.4 Å². The molecule has 0 N–H and O–H groups in total. The molecule has 1 aromatic rings. The average molecular weight is 298 g/mol. The molecule has 0 radical (unpaired) electrons. The van der Waals surface area contributed by atoms with Crippen LogP contribution in [0.1, 0.15) is 44.4 Å². The molecule has 0 spiro atoms. The maximum absolute atomic E-state index is 12.5. The Morgan fingerprint density at radius 3 is 2.59 bits per heavy atom. The van der Waals surface area contributed by atoms with E-state index < -0.39 is 12.0 Å². The van der Waals surface area contributed by atoms with Gasteiger partial charge in [0.1, 0.15) is 5.76 Å². The number of carbonyl (C=O) groups is 1. The lowest BCUT2D eigenvalue weighted by molar-refractivity contribution is -0.148. The van der Waals surface area contributed by atoms with Crippen molar-refractivity contribution in [2.75, 3.05) is 0 Å². The second kappa shape index (κ2) is 8.15. The van der Waals surface area contributed by atoms with E-state index in [2.05, 4.69) is 11.8 Å². The Morgan fingerprint density at radius 1 is 1.45 bits per heavy atom. The fourth-order valence-electron chi connectivity index (χ4n) is 2.19. The Labute approximate surface area is 132 Å². The molecule has 1 rings (SSSR count). The zero-order valence-electron chi connectivity index (χ0n) is 13.6. The van der Waals surface area contributed by atoms with Crippen molar-refractivity contribution in [2.24, 2.45) is 5.92 Å². The van der Waals surface area contributed by atoms with Gasteiger partial charge in [0.25, 0.3) is 0 Å². The largest absolute Gasteiger partial charge is 0.469 e. The summed E-state index contributed by atoms with van der Waals surface area (Å²) in [4.78, 5) is 12.5. The molecule has 3 heteroatoms. The Hall–Kier alpha value is -2.39. The van der Waals surface area contributed by atoms with Gasteiger partial charge < -0.3 is 9.15 Å². The van der Waals surface area contributed by atoms with E-state index in [0.717, 1.165) is 16.9 Å². The average Bonchev–Trinajstić information content (AvgIpc) is 2.87. The molecule has 3 nitrogen and oxygen atoms in total. The lowest BCUT2D eigenvalue weighted by Crippen LogP contribution is -2.26. The highest BCUT2D eigenvalue weighted by Gasteiger charge is 2.29. The number of esters is 1. The number of carbonyl (C=O) groups excluding carboxylic acids is 1. The Balaban J connectivity index is 2.92. The summed E-state index contributed by atoms with van der Waals surface area (Å²) < 4.78 is 10.8. The van der Waals surface area contributed by atoms with E-state index in [0.29, 0.717) is 6.42 Å². The molecule has 0 fully saturated rings. The molecule has 22 heavy (non-hydrogen) atoms.